The molecule has 4 heterocycles. The molecule has 0 bridgehead atoms. The summed E-state index contributed by atoms with van der Waals surface area (Å²) in [7, 11) is 0. The van der Waals surface area contributed by atoms with Crippen molar-refractivity contribution in [2.24, 2.45) is 5.92 Å². The van der Waals surface area contributed by atoms with Crippen LogP contribution in [0.25, 0.3) is 16.9 Å². The summed E-state index contributed by atoms with van der Waals surface area (Å²) in [6.07, 6.45) is 4.90. The number of nitrogen functional groups attached to an aromatic ring is 1. The lowest BCUT2D eigenvalue weighted by atomic mass is 10.0. The zero-order valence-corrected chi connectivity index (χ0v) is 16.7. The first-order valence-corrected chi connectivity index (χ1v) is 9.37. The number of alkyl halides is 2. The fourth-order valence-corrected chi connectivity index (χ4v) is 3.19. The minimum absolute atomic E-state index is 0.0254. The van der Waals surface area contributed by atoms with Gasteiger partial charge >= 0.3 is 6.55 Å². The number of imidazole rings is 1. The van der Waals surface area contributed by atoms with Gasteiger partial charge in [0.15, 0.2) is 5.82 Å². The van der Waals surface area contributed by atoms with Crippen LogP contribution in [-0.4, -0.2) is 34.1 Å². The molecule has 4 aromatic rings. The number of aryl methyl sites for hydroxylation is 1. The smallest absolute Gasteiger partial charge is 0.333 e. The predicted octanol–water partition coefficient (Wildman–Crippen LogP) is 3.48. The fraction of sp³-hybridized carbons (Fsp3) is 0.316. The van der Waals surface area contributed by atoms with E-state index in [1.165, 1.54) is 6.20 Å². The maximum Gasteiger partial charge on any atom is 0.333 e. The second kappa shape index (κ2) is 7.65. The van der Waals surface area contributed by atoms with E-state index in [4.69, 9.17) is 5.73 Å². The molecule has 11 heteroatoms. The third-order valence-corrected chi connectivity index (χ3v) is 4.72. The number of nitrogens with two attached hydrogens (primary N) is 1. The van der Waals surface area contributed by atoms with Crippen molar-refractivity contribution in [3.05, 3.63) is 48.3 Å². The maximum absolute atomic E-state index is 12.9. The van der Waals surface area contributed by atoms with Gasteiger partial charge in [-0.2, -0.15) is 28.8 Å². The highest BCUT2D eigenvalue weighted by Gasteiger charge is 2.22. The average Bonchev–Trinajstić information content (AvgIpc) is 3.33. The van der Waals surface area contributed by atoms with Gasteiger partial charge in [-0.3, -0.25) is 0 Å². The van der Waals surface area contributed by atoms with Crippen LogP contribution in [0.5, 0.6) is 0 Å². The molecule has 0 aliphatic rings. The molecule has 0 fully saturated rings. The van der Waals surface area contributed by atoms with Crippen molar-refractivity contribution in [3.63, 3.8) is 0 Å². The molecule has 1 unspecified atom stereocenters. The Morgan fingerprint density at radius 2 is 1.90 bits per heavy atom. The molecule has 9 nitrogen and oxygen atoms in total. The lowest BCUT2D eigenvalue weighted by Gasteiger charge is -2.20. The Morgan fingerprint density at radius 1 is 1.10 bits per heavy atom. The van der Waals surface area contributed by atoms with Gasteiger partial charge in [-0.15, -0.1) is 0 Å². The predicted molar refractivity (Wildman–Crippen MR) is 108 cm³/mol. The van der Waals surface area contributed by atoms with E-state index in [0.717, 1.165) is 16.9 Å². The number of halogens is 2. The molecule has 4 aromatic heterocycles. The van der Waals surface area contributed by atoms with Crippen molar-refractivity contribution in [2.75, 3.05) is 11.1 Å². The van der Waals surface area contributed by atoms with E-state index in [-0.39, 0.29) is 17.8 Å². The molecule has 0 spiro atoms. The zero-order chi connectivity index (χ0) is 21.4. The third kappa shape index (κ3) is 3.78. The van der Waals surface area contributed by atoms with E-state index < -0.39 is 12.6 Å². The molecule has 0 saturated carbocycles. The lowest BCUT2D eigenvalue weighted by molar-refractivity contribution is 0.0559. The molecule has 4 rings (SSSR count). The quantitative estimate of drug-likeness (QED) is 0.498. The molecule has 0 radical (unpaired) electrons. The summed E-state index contributed by atoms with van der Waals surface area (Å²) in [5.41, 5.74) is 8.06. The normalized spacial score (nSPS) is 12.8. The highest BCUT2D eigenvalue weighted by atomic mass is 19.3. The maximum atomic E-state index is 12.9. The summed E-state index contributed by atoms with van der Waals surface area (Å²) >= 11 is 0. The van der Waals surface area contributed by atoms with Crippen molar-refractivity contribution in [1.82, 2.24) is 34.1 Å². The Morgan fingerprint density at radius 3 is 2.60 bits per heavy atom. The number of aromatic nitrogens is 7. The van der Waals surface area contributed by atoms with Crippen molar-refractivity contribution in [3.8, 4) is 11.4 Å². The lowest BCUT2D eigenvalue weighted by Crippen LogP contribution is -2.20. The van der Waals surface area contributed by atoms with Crippen LogP contribution in [0.3, 0.4) is 0 Å². The van der Waals surface area contributed by atoms with Gasteiger partial charge < -0.3 is 15.5 Å². The van der Waals surface area contributed by atoms with Crippen LogP contribution in [0.4, 0.5) is 20.7 Å². The number of nitrogens with one attached hydrogen (secondary N) is 1. The molecule has 0 aromatic carbocycles. The first-order valence-electron chi connectivity index (χ1n) is 9.37. The average molecular weight is 413 g/mol. The van der Waals surface area contributed by atoms with Crippen molar-refractivity contribution in [1.29, 1.82) is 0 Å². The first-order chi connectivity index (χ1) is 14.3. The zero-order valence-electron chi connectivity index (χ0n) is 16.7. The van der Waals surface area contributed by atoms with Crippen molar-refractivity contribution >= 4 is 17.4 Å². The Labute approximate surface area is 171 Å². The van der Waals surface area contributed by atoms with E-state index in [9.17, 15) is 8.78 Å². The standard InChI is InChI=1S/C19H21F2N9/c1-10(2)15(14-6-7-30(28-14)17(20)21)24-19-26-16(25-18(22)27-19)12-4-5-13-8-23-11(3)29(13)9-12/h4-10,15,17H,1-3H3,(H3,22,24,25,26,27). The van der Waals surface area contributed by atoms with E-state index in [1.54, 1.807) is 12.3 Å². The molecule has 30 heavy (non-hydrogen) atoms. The number of pyridine rings is 1. The summed E-state index contributed by atoms with van der Waals surface area (Å²) in [6.45, 7) is 3.09. The summed E-state index contributed by atoms with van der Waals surface area (Å²) in [5, 5.41) is 7.12. The molecule has 3 N–H and O–H groups in total. The number of anilines is 2. The number of nitrogens with zero attached hydrogens (tertiary/aromatic N) is 7. The van der Waals surface area contributed by atoms with Crippen LogP contribution in [0.2, 0.25) is 0 Å². The number of hydrogen-bond acceptors (Lipinski definition) is 7. The van der Waals surface area contributed by atoms with Gasteiger partial charge in [-0.25, -0.2) is 9.67 Å². The van der Waals surface area contributed by atoms with Gasteiger partial charge in [0.2, 0.25) is 11.9 Å². The molecule has 1 atom stereocenters. The Balaban J connectivity index is 1.68. The summed E-state index contributed by atoms with van der Waals surface area (Å²) in [5.74, 6) is 1.54. The van der Waals surface area contributed by atoms with Crippen molar-refractivity contribution < 1.29 is 8.78 Å². The fourth-order valence-electron chi connectivity index (χ4n) is 3.19. The molecule has 156 valence electrons. The Bertz CT molecular complexity index is 1180. The van der Waals surface area contributed by atoms with Gasteiger partial charge in [0, 0.05) is 18.0 Å². The minimum atomic E-state index is -2.70. The first kappa shape index (κ1) is 19.7. The van der Waals surface area contributed by atoms with E-state index >= 15 is 0 Å². The number of hydrogen-bond donors (Lipinski definition) is 2. The summed E-state index contributed by atoms with van der Waals surface area (Å²) in [4.78, 5) is 17.2. The van der Waals surface area contributed by atoms with Gasteiger partial charge in [0.05, 0.1) is 23.4 Å². The van der Waals surface area contributed by atoms with Crippen LogP contribution in [-0.2, 0) is 0 Å². The molecule has 0 saturated heterocycles. The Kier molecular flexibility index (Phi) is 5.02. The van der Waals surface area contributed by atoms with Crippen LogP contribution >= 0.6 is 0 Å². The number of fused-ring (bicyclic) bond motifs is 1. The molecule has 0 aliphatic carbocycles. The second-order valence-electron chi connectivity index (χ2n) is 7.22. The van der Waals surface area contributed by atoms with Gasteiger partial charge in [0.1, 0.15) is 5.82 Å². The van der Waals surface area contributed by atoms with E-state index in [1.807, 2.05) is 43.5 Å². The Hall–Kier alpha value is -3.63. The van der Waals surface area contributed by atoms with Crippen LogP contribution in [0.1, 0.15) is 38.0 Å². The monoisotopic (exact) mass is 413 g/mol. The highest BCUT2D eigenvalue weighted by molar-refractivity contribution is 5.61. The van der Waals surface area contributed by atoms with Crippen LogP contribution in [0, 0.1) is 12.8 Å². The summed E-state index contributed by atoms with van der Waals surface area (Å²) in [6, 6.07) is 4.94. The van der Waals surface area contributed by atoms with E-state index in [2.05, 4.69) is 30.4 Å². The van der Waals surface area contributed by atoms with Gasteiger partial charge in [0.25, 0.3) is 0 Å². The third-order valence-electron chi connectivity index (χ3n) is 4.72. The van der Waals surface area contributed by atoms with Crippen LogP contribution < -0.4 is 11.1 Å². The SMILES string of the molecule is Cc1ncc2ccc(-c3nc(N)nc(NC(c4ccn(C(F)F)n4)C(C)C)n3)cn12. The van der Waals surface area contributed by atoms with E-state index in [0.29, 0.717) is 16.2 Å². The topological polar surface area (TPSA) is 112 Å². The largest absolute Gasteiger partial charge is 0.368 e. The molecule has 0 amide bonds. The second-order valence-corrected chi connectivity index (χ2v) is 7.22. The highest BCUT2D eigenvalue weighted by Crippen LogP contribution is 2.26. The van der Waals surface area contributed by atoms with Crippen molar-refractivity contribution in [2.45, 2.75) is 33.4 Å². The molecular weight excluding hydrogens is 392 g/mol. The van der Waals surface area contributed by atoms with Gasteiger partial charge in [-0.05, 0) is 31.0 Å². The summed E-state index contributed by atoms with van der Waals surface area (Å²) < 4.78 is 28.4. The minimum Gasteiger partial charge on any atom is -0.368 e. The van der Waals surface area contributed by atoms with Crippen LogP contribution in [0.15, 0.2) is 36.8 Å². The molecule has 0 aliphatic heterocycles. The number of rotatable bonds is 6. The molecular formula is C19H21F2N9. The van der Waals surface area contributed by atoms with Gasteiger partial charge in [-0.1, -0.05) is 13.8 Å².